The molecule has 3 saturated heterocycles. The summed E-state index contributed by atoms with van der Waals surface area (Å²) in [5, 5.41) is 2.20. The monoisotopic (exact) mass is 498 g/mol. The van der Waals surface area contributed by atoms with Crippen molar-refractivity contribution in [3.05, 3.63) is 52.0 Å². The molecule has 0 radical (unpaired) electrons. The van der Waals surface area contributed by atoms with Crippen LogP contribution in [0.4, 0.5) is 10.1 Å². The van der Waals surface area contributed by atoms with E-state index in [4.69, 9.17) is 9.47 Å². The highest BCUT2D eigenvalue weighted by molar-refractivity contribution is 7.10. The van der Waals surface area contributed by atoms with Crippen molar-refractivity contribution in [2.45, 2.75) is 56.8 Å². The lowest BCUT2D eigenvalue weighted by molar-refractivity contribution is -0.177. The Bertz CT molecular complexity index is 1150. The number of likely N-dealkylation sites (tertiary alicyclic amines) is 1. The van der Waals surface area contributed by atoms with E-state index in [0.29, 0.717) is 24.4 Å². The highest BCUT2D eigenvalue weighted by Crippen LogP contribution is 2.53. The molecule has 1 unspecified atom stereocenters. The van der Waals surface area contributed by atoms with Gasteiger partial charge in [0.15, 0.2) is 0 Å². The number of aryl methyl sites for hydroxylation is 1. The second-order valence-electron chi connectivity index (χ2n) is 10.1. The Hall–Kier alpha value is -2.78. The summed E-state index contributed by atoms with van der Waals surface area (Å²) in [6, 6.07) is 7.61. The Morgan fingerprint density at radius 2 is 1.74 bits per heavy atom. The van der Waals surface area contributed by atoms with Crippen LogP contribution >= 0.6 is 11.3 Å². The molecule has 35 heavy (non-hydrogen) atoms. The molecule has 2 aromatic rings. The van der Waals surface area contributed by atoms with Crippen molar-refractivity contribution in [1.82, 2.24) is 4.90 Å². The van der Waals surface area contributed by atoms with Crippen molar-refractivity contribution in [2.24, 2.45) is 5.41 Å². The number of halogens is 1. The number of anilines is 1. The third kappa shape index (κ3) is 3.76. The third-order valence-electron chi connectivity index (χ3n) is 8.10. The Balaban J connectivity index is 1.18. The number of esters is 2. The number of benzene rings is 1. The first-order valence-electron chi connectivity index (χ1n) is 12.2. The molecular weight excluding hydrogens is 471 g/mol. The maximum Gasteiger partial charge on any atom is 0.422 e. The van der Waals surface area contributed by atoms with Crippen LogP contribution in [0.1, 0.15) is 54.9 Å². The first kappa shape index (κ1) is 22.7. The molecule has 184 valence electrons. The van der Waals surface area contributed by atoms with Gasteiger partial charge in [0.05, 0.1) is 17.5 Å². The molecule has 1 atom stereocenters. The summed E-state index contributed by atoms with van der Waals surface area (Å²) in [7, 11) is 0. The zero-order chi connectivity index (χ0) is 24.2. The van der Waals surface area contributed by atoms with Gasteiger partial charge in [0.2, 0.25) is 5.91 Å². The maximum absolute atomic E-state index is 13.8. The molecule has 0 N–H and O–H groups in total. The van der Waals surface area contributed by atoms with Crippen LogP contribution in [-0.4, -0.2) is 48.3 Å². The first-order valence-corrected chi connectivity index (χ1v) is 13.1. The zero-order valence-electron chi connectivity index (χ0n) is 19.3. The number of nitrogens with zero attached hydrogens (tertiary/aromatic N) is 2. The Labute approximate surface area is 206 Å². The summed E-state index contributed by atoms with van der Waals surface area (Å²) in [5.74, 6) is -4.13. The van der Waals surface area contributed by atoms with Crippen LogP contribution in [0.25, 0.3) is 0 Å². The average molecular weight is 499 g/mol. The van der Waals surface area contributed by atoms with Crippen LogP contribution in [-0.2, 0) is 30.3 Å². The number of amides is 1. The van der Waals surface area contributed by atoms with Crippen LogP contribution in [0.2, 0.25) is 0 Å². The topological polar surface area (TPSA) is 76.2 Å². The van der Waals surface area contributed by atoms with E-state index < -0.39 is 29.1 Å². The molecule has 0 saturated carbocycles. The fourth-order valence-corrected chi connectivity index (χ4v) is 7.26. The SMILES string of the molecule is O=C1OC2(CC3(CCN(CCC4CCCc5sccc54)CC3)C(=O)N2c2ccc(F)cc2)OC1=O. The molecule has 3 aliphatic heterocycles. The summed E-state index contributed by atoms with van der Waals surface area (Å²) in [6.07, 6.45) is 6.01. The van der Waals surface area contributed by atoms with Crippen LogP contribution < -0.4 is 4.90 Å². The minimum absolute atomic E-state index is 0.0857. The third-order valence-corrected chi connectivity index (χ3v) is 9.09. The van der Waals surface area contributed by atoms with Gasteiger partial charge >= 0.3 is 17.8 Å². The lowest BCUT2D eigenvalue weighted by atomic mass is 9.76. The lowest BCUT2D eigenvalue weighted by Crippen LogP contribution is -2.48. The van der Waals surface area contributed by atoms with E-state index in [0.717, 1.165) is 26.1 Å². The van der Waals surface area contributed by atoms with Crippen LogP contribution in [0, 0.1) is 11.2 Å². The summed E-state index contributed by atoms with van der Waals surface area (Å²) < 4.78 is 24.3. The standard InChI is InChI=1S/C26H27FN2O5S/c27-18-4-6-19(7-5-18)29-24(32)25(16-26(29)33-22(30)23(31)34-26)10-13-28(14-11-25)12-8-17-2-1-3-21-20(17)9-15-35-21/h4-7,9,15,17H,1-3,8,10-14,16H2. The molecule has 4 aliphatic rings. The summed E-state index contributed by atoms with van der Waals surface area (Å²) in [6.45, 7) is 2.45. The van der Waals surface area contributed by atoms with E-state index in [9.17, 15) is 18.8 Å². The van der Waals surface area contributed by atoms with Gasteiger partial charge in [0.1, 0.15) is 5.82 Å². The van der Waals surface area contributed by atoms with Gasteiger partial charge in [0, 0.05) is 4.88 Å². The molecule has 1 aromatic carbocycles. The fraction of sp³-hybridized carbons (Fsp3) is 0.500. The molecule has 2 spiro atoms. The molecule has 3 fully saturated rings. The predicted octanol–water partition coefficient (Wildman–Crippen LogP) is 3.97. The zero-order valence-corrected chi connectivity index (χ0v) is 20.2. The summed E-state index contributed by atoms with van der Waals surface area (Å²) in [4.78, 5) is 43.0. The second-order valence-corrected chi connectivity index (χ2v) is 11.1. The largest absolute Gasteiger partial charge is 0.422 e. The number of carbonyl (C=O) groups excluding carboxylic acids is 3. The van der Waals surface area contributed by atoms with Crippen molar-refractivity contribution in [3.63, 3.8) is 0 Å². The maximum atomic E-state index is 13.8. The Kier molecular flexibility index (Phi) is 5.45. The molecule has 1 aromatic heterocycles. The number of ether oxygens (including phenoxy) is 2. The predicted molar refractivity (Wildman–Crippen MR) is 126 cm³/mol. The van der Waals surface area contributed by atoms with Gasteiger partial charge in [-0.1, -0.05) is 0 Å². The van der Waals surface area contributed by atoms with Crippen LogP contribution in [0.3, 0.4) is 0 Å². The first-order chi connectivity index (χ1) is 16.9. The van der Waals surface area contributed by atoms with Gasteiger partial charge in [-0.15, -0.1) is 11.3 Å². The van der Waals surface area contributed by atoms with Crippen LogP contribution in [0.15, 0.2) is 35.7 Å². The highest BCUT2D eigenvalue weighted by Gasteiger charge is 2.68. The fourth-order valence-electron chi connectivity index (χ4n) is 6.25. The van der Waals surface area contributed by atoms with E-state index in [2.05, 4.69) is 16.3 Å². The van der Waals surface area contributed by atoms with Crippen molar-refractivity contribution in [2.75, 3.05) is 24.5 Å². The normalized spacial score (nSPS) is 25.2. The van der Waals surface area contributed by atoms with Gasteiger partial charge in [-0.25, -0.2) is 18.9 Å². The molecule has 0 bridgehead atoms. The molecule has 1 aliphatic carbocycles. The van der Waals surface area contributed by atoms with E-state index in [-0.39, 0.29) is 12.3 Å². The van der Waals surface area contributed by atoms with Crippen molar-refractivity contribution in [1.29, 1.82) is 0 Å². The van der Waals surface area contributed by atoms with Gasteiger partial charge in [-0.3, -0.25) is 4.79 Å². The van der Waals surface area contributed by atoms with Crippen molar-refractivity contribution < 1.29 is 28.2 Å². The Morgan fingerprint density at radius 3 is 2.46 bits per heavy atom. The molecule has 6 rings (SSSR count). The number of hydrogen-bond acceptors (Lipinski definition) is 7. The summed E-state index contributed by atoms with van der Waals surface area (Å²) >= 11 is 1.86. The smallest absolute Gasteiger partial charge is 0.394 e. The molecule has 1 amide bonds. The molecule has 9 heteroatoms. The molecule has 4 heterocycles. The Morgan fingerprint density at radius 1 is 1.03 bits per heavy atom. The number of piperidine rings is 1. The number of hydrogen-bond donors (Lipinski definition) is 0. The minimum Gasteiger partial charge on any atom is -0.394 e. The second kappa shape index (κ2) is 8.41. The number of carbonyl (C=O) groups is 3. The van der Waals surface area contributed by atoms with Gasteiger partial charge in [0.25, 0.3) is 0 Å². The van der Waals surface area contributed by atoms with Gasteiger partial charge in [-0.2, -0.15) is 0 Å². The van der Waals surface area contributed by atoms with Gasteiger partial charge in [-0.05, 0) is 105 Å². The molecule has 7 nitrogen and oxygen atoms in total. The quantitative estimate of drug-likeness (QED) is 0.469. The summed E-state index contributed by atoms with van der Waals surface area (Å²) in [5.41, 5.74) is 1.05. The average Bonchev–Trinajstić information content (AvgIpc) is 3.50. The van der Waals surface area contributed by atoms with Crippen molar-refractivity contribution >= 4 is 34.9 Å². The molecular formula is C26H27FN2O5S. The van der Waals surface area contributed by atoms with Gasteiger partial charge < -0.3 is 14.4 Å². The number of rotatable bonds is 4. The number of thiophene rings is 1. The van der Waals surface area contributed by atoms with E-state index in [1.807, 2.05) is 11.3 Å². The highest BCUT2D eigenvalue weighted by atomic mass is 32.1. The van der Waals surface area contributed by atoms with Crippen molar-refractivity contribution in [3.8, 4) is 0 Å². The number of fused-ring (bicyclic) bond motifs is 1. The van der Waals surface area contributed by atoms with Crippen LogP contribution in [0.5, 0.6) is 0 Å². The lowest BCUT2D eigenvalue weighted by Gasteiger charge is -2.38. The van der Waals surface area contributed by atoms with E-state index in [1.165, 1.54) is 58.9 Å². The van der Waals surface area contributed by atoms with E-state index in [1.54, 1.807) is 0 Å². The minimum atomic E-state index is -1.80. The van der Waals surface area contributed by atoms with E-state index >= 15 is 0 Å².